The first-order valence-corrected chi connectivity index (χ1v) is 11.6. The molecule has 0 aliphatic carbocycles. The van der Waals surface area contributed by atoms with Crippen molar-refractivity contribution in [3.8, 4) is 22.7 Å². The van der Waals surface area contributed by atoms with E-state index in [0.29, 0.717) is 0 Å². The lowest BCUT2D eigenvalue weighted by Crippen LogP contribution is -2.26. The quantitative estimate of drug-likeness (QED) is 0.183. The van der Waals surface area contributed by atoms with Gasteiger partial charge in [-0.1, -0.05) is 48.5 Å². The van der Waals surface area contributed by atoms with Crippen molar-refractivity contribution in [2.75, 3.05) is 7.11 Å². The molecule has 6 aromatic rings. The maximum atomic E-state index is 5.41. The Kier molecular flexibility index (Phi) is 4.61. The van der Waals surface area contributed by atoms with E-state index in [2.05, 4.69) is 123 Å². The summed E-state index contributed by atoms with van der Waals surface area (Å²) >= 11 is 2.50. The smallest absolute Gasteiger partial charge is 0.301 e. The Morgan fingerprint density at radius 1 is 0.719 bits per heavy atom. The number of methoxy groups -OCH3 is 1. The SMILES string of the molecule is COc1ccc(-c2c(I)c3ccccc3c3n(-c4ccccc4)c4ccccc4[n+]23)cc1. The van der Waals surface area contributed by atoms with Crippen molar-refractivity contribution in [2.45, 2.75) is 0 Å². The van der Waals surface area contributed by atoms with Crippen molar-refractivity contribution in [2.24, 2.45) is 0 Å². The molecular formula is C28H20IN2O+. The Bertz CT molecular complexity index is 1600. The summed E-state index contributed by atoms with van der Waals surface area (Å²) in [5, 5.41) is 2.48. The predicted molar refractivity (Wildman–Crippen MR) is 139 cm³/mol. The van der Waals surface area contributed by atoms with Crippen LogP contribution in [0.3, 0.4) is 0 Å². The average molecular weight is 527 g/mol. The predicted octanol–water partition coefficient (Wildman–Crippen LogP) is 6.80. The molecule has 3 nitrogen and oxygen atoms in total. The van der Waals surface area contributed by atoms with E-state index in [1.165, 1.54) is 36.7 Å². The van der Waals surface area contributed by atoms with Crippen molar-refractivity contribution >= 4 is 50.0 Å². The van der Waals surface area contributed by atoms with Gasteiger partial charge in [0.05, 0.1) is 16.1 Å². The molecule has 4 heteroatoms. The van der Waals surface area contributed by atoms with Crippen molar-refractivity contribution in [3.63, 3.8) is 0 Å². The number of ether oxygens (including phenoxy) is 1. The zero-order valence-corrected chi connectivity index (χ0v) is 19.7. The molecule has 0 saturated heterocycles. The lowest BCUT2D eigenvalue weighted by Gasteiger charge is -2.10. The highest BCUT2D eigenvalue weighted by molar-refractivity contribution is 14.1. The summed E-state index contributed by atoms with van der Waals surface area (Å²) in [5.74, 6) is 0.859. The highest BCUT2D eigenvalue weighted by Crippen LogP contribution is 2.35. The second-order valence-electron chi connectivity index (χ2n) is 7.76. The molecule has 2 aromatic heterocycles. The van der Waals surface area contributed by atoms with E-state index in [-0.39, 0.29) is 0 Å². The van der Waals surface area contributed by atoms with Crippen molar-refractivity contribution < 1.29 is 9.14 Å². The molecule has 0 N–H and O–H groups in total. The molecule has 0 spiro atoms. The van der Waals surface area contributed by atoms with E-state index < -0.39 is 0 Å². The molecule has 0 aliphatic rings. The lowest BCUT2D eigenvalue weighted by molar-refractivity contribution is -0.468. The van der Waals surface area contributed by atoms with Crippen LogP contribution in [0.5, 0.6) is 5.75 Å². The molecule has 0 unspecified atom stereocenters. The van der Waals surface area contributed by atoms with Gasteiger partial charge in [-0.2, -0.15) is 8.97 Å². The number of pyridine rings is 1. The zero-order valence-electron chi connectivity index (χ0n) is 17.5. The molecule has 2 heterocycles. The van der Waals surface area contributed by atoms with Crippen LogP contribution in [0.15, 0.2) is 103 Å². The molecule has 0 radical (unpaired) electrons. The van der Waals surface area contributed by atoms with E-state index in [9.17, 15) is 0 Å². The Hall–Kier alpha value is -3.38. The first-order valence-electron chi connectivity index (χ1n) is 10.5. The summed E-state index contributed by atoms with van der Waals surface area (Å²) < 4.78 is 11.4. The molecule has 0 amide bonds. The van der Waals surface area contributed by atoms with Gasteiger partial charge in [-0.05, 0) is 77.2 Å². The van der Waals surface area contributed by atoms with Crippen molar-refractivity contribution in [1.29, 1.82) is 0 Å². The molecule has 6 rings (SSSR count). The summed E-state index contributed by atoms with van der Waals surface area (Å²) in [5.41, 5.74) is 7.03. The van der Waals surface area contributed by atoms with Gasteiger partial charge < -0.3 is 4.74 Å². The summed E-state index contributed by atoms with van der Waals surface area (Å²) in [7, 11) is 1.70. The normalized spacial score (nSPS) is 11.4. The molecule has 32 heavy (non-hydrogen) atoms. The van der Waals surface area contributed by atoms with E-state index in [1.54, 1.807) is 7.11 Å². The molecular weight excluding hydrogens is 507 g/mol. The van der Waals surface area contributed by atoms with Gasteiger partial charge in [0, 0.05) is 10.9 Å². The molecule has 4 aromatic carbocycles. The largest absolute Gasteiger partial charge is 0.497 e. The monoisotopic (exact) mass is 527 g/mol. The van der Waals surface area contributed by atoms with Crippen LogP contribution in [0.25, 0.3) is 44.4 Å². The Balaban J connectivity index is 1.88. The van der Waals surface area contributed by atoms with E-state index >= 15 is 0 Å². The number of para-hydroxylation sites is 3. The van der Waals surface area contributed by atoms with Gasteiger partial charge in [-0.25, -0.2) is 0 Å². The average Bonchev–Trinajstić information content (AvgIpc) is 3.20. The third-order valence-corrected chi connectivity index (χ3v) is 7.09. The van der Waals surface area contributed by atoms with Crippen LogP contribution in [-0.4, -0.2) is 11.7 Å². The molecule has 0 bridgehead atoms. The maximum Gasteiger partial charge on any atom is 0.301 e. The number of nitrogens with zero attached hydrogens (tertiary/aromatic N) is 2. The van der Waals surface area contributed by atoms with Crippen molar-refractivity contribution in [3.05, 3.63) is 107 Å². The third-order valence-electron chi connectivity index (χ3n) is 6.00. The summed E-state index contributed by atoms with van der Waals surface area (Å²) in [6.45, 7) is 0. The van der Waals surface area contributed by atoms with Gasteiger partial charge in [0.2, 0.25) is 0 Å². The molecule has 154 valence electrons. The van der Waals surface area contributed by atoms with Gasteiger partial charge >= 0.3 is 5.65 Å². The topological polar surface area (TPSA) is 18.3 Å². The number of fused-ring (bicyclic) bond motifs is 5. The maximum absolute atomic E-state index is 5.41. The second-order valence-corrected chi connectivity index (χ2v) is 8.83. The molecule has 0 fully saturated rings. The minimum atomic E-state index is 0.859. The van der Waals surface area contributed by atoms with Crippen LogP contribution in [0, 0.1) is 3.57 Å². The number of rotatable bonds is 3. The third kappa shape index (κ3) is 2.83. The van der Waals surface area contributed by atoms with Crippen LogP contribution >= 0.6 is 22.6 Å². The Morgan fingerprint density at radius 2 is 1.38 bits per heavy atom. The van der Waals surface area contributed by atoms with Crippen LogP contribution in [-0.2, 0) is 0 Å². The molecule has 0 saturated carbocycles. The highest BCUT2D eigenvalue weighted by Gasteiger charge is 2.28. The second kappa shape index (κ2) is 7.64. The fourth-order valence-corrected chi connectivity index (χ4v) is 5.60. The standard InChI is InChI=1S/C28H20IN2O/c1-32-21-17-15-19(16-18-21)27-26(29)22-11-5-6-12-23(22)28-30(20-9-3-2-4-10-20)24-13-7-8-14-25(24)31(27)28/h2-18H,1H3/q+1. The summed E-state index contributed by atoms with van der Waals surface area (Å²) in [6, 6.07) is 36.3. The lowest BCUT2D eigenvalue weighted by atomic mass is 10.1. The minimum Gasteiger partial charge on any atom is -0.497 e. The van der Waals surface area contributed by atoms with Gasteiger partial charge in [-0.3, -0.25) is 0 Å². The first kappa shape index (κ1) is 19.3. The number of hydrogen-bond acceptors (Lipinski definition) is 1. The molecule has 0 atom stereocenters. The van der Waals surface area contributed by atoms with Gasteiger partial charge in [-0.15, -0.1) is 0 Å². The number of hydrogen-bond donors (Lipinski definition) is 0. The van der Waals surface area contributed by atoms with E-state index in [1.807, 2.05) is 12.1 Å². The Labute approximate surface area is 199 Å². The number of benzene rings is 4. The van der Waals surface area contributed by atoms with Gasteiger partial charge in [0.25, 0.3) is 0 Å². The van der Waals surface area contributed by atoms with Crippen molar-refractivity contribution in [1.82, 2.24) is 4.57 Å². The fraction of sp³-hybridized carbons (Fsp3) is 0.0357. The number of aromatic nitrogens is 2. The van der Waals surface area contributed by atoms with E-state index in [4.69, 9.17) is 4.74 Å². The summed E-state index contributed by atoms with van der Waals surface area (Å²) in [4.78, 5) is 0. The molecule has 0 aliphatic heterocycles. The highest BCUT2D eigenvalue weighted by atomic mass is 127. The van der Waals surface area contributed by atoms with Gasteiger partial charge in [0.15, 0.2) is 16.7 Å². The van der Waals surface area contributed by atoms with Gasteiger partial charge in [0.1, 0.15) is 11.4 Å². The zero-order chi connectivity index (χ0) is 21.7. The number of halogens is 1. The van der Waals surface area contributed by atoms with Crippen LogP contribution < -0.4 is 9.14 Å². The van der Waals surface area contributed by atoms with Crippen LogP contribution in [0.1, 0.15) is 0 Å². The fourth-order valence-electron chi connectivity index (χ4n) is 4.58. The first-order chi connectivity index (χ1) is 15.8. The number of imidazole rings is 1. The van der Waals surface area contributed by atoms with Crippen LogP contribution in [0.4, 0.5) is 0 Å². The van der Waals surface area contributed by atoms with E-state index in [0.717, 1.165) is 17.0 Å². The van der Waals surface area contributed by atoms with Crippen LogP contribution in [0.2, 0.25) is 0 Å². The Morgan fingerprint density at radius 3 is 2.12 bits per heavy atom. The summed E-state index contributed by atoms with van der Waals surface area (Å²) in [6.07, 6.45) is 0. The minimum absolute atomic E-state index is 0.859.